The van der Waals surface area contributed by atoms with Gasteiger partial charge in [0.1, 0.15) is 0 Å². The Bertz CT molecular complexity index is 739. The maximum atomic E-state index is 12.1. The Kier molecular flexibility index (Phi) is 8.15. The summed E-state index contributed by atoms with van der Waals surface area (Å²) in [7, 11) is 0. The SMILES string of the molecule is CCCNC(=O)c1cccc(CN=C(NCC)NCc2ccc(C)s2)c1. The summed E-state index contributed by atoms with van der Waals surface area (Å²) in [5.41, 5.74) is 1.69. The van der Waals surface area contributed by atoms with Crippen LogP contribution in [-0.4, -0.2) is 25.0 Å². The number of carbonyl (C=O) groups excluding carboxylic acids is 1. The van der Waals surface area contributed by atoms with Crippen LogP contribution in [0.3, 0.4) is 0 Å². The second kappa shape index (κ2) is 10.6. The molecule has 0 aliphatic heterocycles. The van der Waals surface area contributed by atoms with E-state index in [1.165, 1.54) is 9.75 Å². The number of guanidine groups is 1. The lowest BCUT2D eigenvalue weighted by Gasteiger charge is -2.11. The molecular weight excluding hydrogens is 344 g/mol. The van der Waals surface area contributed by atoms with Gasteiger partial charge in [0.15, 0.2) is 5.96 Å². The highest BCUT2D eigenvalue weighted by Gasteiger charge is 2.05. The molecule has 5 nitrogen and oxygen atoms in total. The molecule has 0 radical (unpaired) electrons. The number of nitrogens with one attached hydrogen (secondary N) is 3. The van der Waals surface area contributed by atoms with Crippen molar-refractivity contribution < 1.29 is 4.79 Å². The first kappa shape index (κ1) is 20.0. The molecule has 1 amide bonds. The van der Waals surface area contributed by atoms with Crippen LogP contribution >= 0.6 is 11.3 Å². The van der Waals surface area contributed by atoms with E-state index in [1.54, 1.807) is 11.3 Å². The van der Waals surface area contributed by atoms with Gasteiger partial charge in [-0.25, -0.2) is 4.99 Å². The first-order chi connectivity index (χ1) is 12.6. The van der Waals surface area contributed by atoms with E-state index in [0.717, 1.165) is 31.0 Å². The summed E-state index contributed by atoms with van der Waals surface area (Å²) in [6.45, 7) is 8.96. The molecule has 2 rings (SSSR count). The number of thiophene rings is 1. The molecular formula is C20H28N4OS. The van der Waals surface area contributed by atoms with Gasteiger partial charge in [0.25, 0.3) is 5.91 Å². The van der Waals surface area contributed by atoms with E-state index < -0.39 is 0 Å². The minimum Gasteiger partial charge on any atom is -0.357 e. The Labute approximate surface area is 159 Å². The van der Waals surface area contributed by atoms with Crippen LogP contribution in [0.5, 0.6) is 0 Å². The fourth-order valence-corrected chi connectivity index (χ4v) is 3.24. The third-order valence-electron chi connectivity index (χ3n) is 3.71. The lowest BCUT2D eigenvalue weighted by Crippen LogP contribution is -2.36. The number of hydrogen-bond acceptors (Lipinski definition) is 3. The standard InChI is InChI=1S/C20H28N4OS/c1-4-11-22-19(25)17-8-6-7-16(12-17)13-23-20(21-5-2)24-14-18-10-9-15(3)26-18/h6-10,12H,4-5,11,13-14H2,1-3H3,(H,22,25)(H2,21,23,24). The summed E-state index contributed by atoms with van der Waals surface area (Å²) in [4.78, 5) is 19.3. The average molecular weight is 373 g/mol. The molecule has 0 aliphatic rings. The van der Waals surface area contributed by atoms with Crippen molar-refractivity contribution in [1.82, 2.24) is 16.0 Å². The van der Waals surface area contributed by atoms with Crippen molar-refractivity contribution in [1.29, 1.82) is 0 Å². The van der Waals surface area contributed by atoms with E-state index in [4.69, 9.17) is 0 Å². The Morgan fingerprint density at radius 1 is 1.12 bits per heavy atom. The Morgan fingerprint density at radius 3 is 2.65 bits per heavy atom. The van der Waals surface area contributed by atoms with E-state index >= 15 is 0 Å². The van der Waals surface area contributed by atoms with Gasteiger partial charge in [-0.1, -0.05) is 19.1 Å². The lowest BCUT2D eigenvalue weighted by atomic mass is 10.1. The minimum absolute atomic E-state index is 0.0317. The van der Waals surface area contributed by atoms with Crippen LogP contribution in [0.2, 0.25) is 0 Å². The number of benzene rings is 1. The van der Waals surface area contributed by atoms with E-state index in [9.17, 15) is 4.79 Å². The summed E-state index contributed by atoms with van der Waals surface area (Å²) in [6.07, 6.45) is 0.928. The molecule has 1 aromatic carbocycles. The summed E-state index contributed by atoms with van der Waals surface area (Å²) < 4.78 is 0. The van der Waals surface area contributed by atoms with Gasteiger partial charge >= 0.3 is 0 Å². The summed E-state index contributed by atoms with van der Waals surface area (Å²) >= 11 is 1.78. The number of hydrogen-bond donors (Lipinski definition) is 3. The molecule has 0 bridgehead atoms. The van der Waals surface area contributed by atoms with Crippen LogP contribution < -0.4 is 16.0 Å². The summed E-state index contributed by atoms with van der Waals surface area (Å²) in [5, 5.41) is 9.52. The van der Waals surface area contributed by atoms with Gasteiger partial charge in [-0.2, -0.15) is 0 Å². The van der Waals surface area contributed by atoms with Gasteiger partial charge in [-0.3, -0.25) is 4.79 Å². The quantitative estimate of drug-likeness (QED) is 0.491. The molecule has 0 unspecified atom stereocenters. The van der Waals surface area contributed by atoms with Gasteiger partial charge < -0.3 is 16.0 Å². The van der Waals surface area contributed by atoms with Gasteiger partial charge in [-0.05, 0) is 50.1 Å². The normalized spacial score (nSPS) is 11.3. The minimum atomic E-state index is -0.0317. The van der Waals surface area contributed by atoms with Crippen LogP contribution in [0.25, 0.3) is 0 Å². The highest BCUT2D eigenvalue weighted by Crippen LogP contribution is 2.14. The Hall–Kier alpha value is -2.34. The van der Waals surface area contributed by atoms with Crippen LogP contribution in [0.15, 0.2) is 41.4 Å². The predicted octanol–water partition coefficient (Wildman–Crippen LogP) is 3.45. The molecule has 1 aromatic heterocycles. The molecule has 0 saturated carbocycles. The zero-order chi connectivity index (χ0) is 18.8. The molecule has 0 aliphatic carbocycles. The van der Waals surface area contributed by atoms with Gasteiger partial charge in [0.05, 0.1) is 13.1 Å². The van der Waals surface area contributed by atoms with Crippen molar-refractivity contribution in [2.75, 3.05) is 13.1 Å². The third kappa shape index (κ3) is 6.52. The van der Waals surface area contributed by atoms with Gasteiger partial charge in [0, 0.05) is 28.4 Å². The molecule has 1 heterocycles. The maximum absolute atomic E-state index is 12.1. The topological polar surface area (TPSA) is 65.5 Å². The second-order valence-corrected chi connectivity index (χ2v) is 7.39. The molecule has 3 N–H and O–H groups in total. The zero-order valence-electron chi connectivity index (χ0n) is 15.8. The van der Waals surface area contributed by atoms with Crippen LogP contribution in [-0.2, 0) is 13.1 Å². The van der Waals surface area contributed by atoms with E-state index in [2.05, 4.69) is 40.0 Å². The molecule has 0 saturated heterocycles. The number of nitrogens with zero attached hydrogens (tertiary/aromatic N) is 1. The molecule has 0 spiro atoms. The summed E-state index contributed by atoms with van der Waals surface area (Å²) in [5.74, 6) is 0.746. The molecule has 0 atom stereocenters. The summed E-state index contributed by atoms with van der Waals surface area (Å²) in [6, 6.07) is 11.9. The fourth-order valence-electron chi connectivity index (χ4n) is 2.41. The van der Waals surface area contributed by atoms with Crippen LogP contribution in [0.4, 0.5) is 0 Å². The monoisotopic (exact) mass is 372 g/mol. The van der Waals surface area contributed by atoms with Crippen molar-refractivity contribution in [3.05, 3.63) is 57.3 Å². The maximum Gasteiger partial charge on any atom is 0.251 e. The molecule has 6 heteroatoms. The predicted molar refractivity (Wildman–Crippen MR) is 110 cm³/mol. The Morgan fingerprint density at radius 2 is 1.96 bits per heavy atom. The third-order valence-corrected chi connectivity index (χ3v) is 4.72. The first-order valence-corrected chi connectivity index (χ1v) is 9.88. The number of aliphatic imine (C=N–C) groups is 1. The van der Waals surface area contributed by atoms with E-state index in [-0.39, 0.29) is 5.91 Å². The molecule has 140 valence electrons. The van der Waals surface area contributed by atoms with Crippen molar-refractivity contribution >= 4 is 23.2 Å². The lowest BCUT2D eigenvalue weighted by molar-refractivity contribution is 0.0953. The number of amides is 1. The number of carbonyl (C=O) groups is 1. The average Bonchev–Trinajstić information content (AvgIpc) is 3.07. The highest BCUT2D eigenvalue weighted by atomic mass is 32.1. The Balaban J connectivity index is 1.98. The zero-order valence-corrected chi connectivity index (χ0v) is 16.6. The van der Waals surface area contributed by atoms with E-state index in [0.29, 0.717) is 18.7 Å². The van der Waals surface area contributed by atoms with Crippen molar-refractivity contribution in [2.45, 2.75) is 40.3 Å². The molecule has 26 heavy (non-hydrogen) atoms. The van der Waals surface area contributed by atoms with E-state index in [1.807, 2.05) is 38.1 Å². The van der Waals surface area contributed by atoms with Crippen LogP contribution in [0, 0.1) is 6.92 Å². The number of aryl methyl sites for hydroxylation is 1. The van der Waals surface area contributed by atoms with Crippen molar-refractivity contribution in [3.8, 4) is 0 Å². The fraction of sp³-hybridized carbons (Fsp3) is 0.400. The smallest absolute Gasteiger partial charge is 0.251 e. The van der Waals surface area contributed by atoms with Crippen molar-refractivity contribution in [3.63, 3.8) is 0 Å². The number of rotatable bonds is 8. The molecule has 2 aromatic rings. The second-order valence-electron chi connectivity index (χ2n) is 6.02. The highest BCUT2D eigenvalue weighted by molar-refractivity contribution is 7.11. The molecule has 0 fully saturated rings. The van der Waals surface area contributed by atoms with Gasteiger partial charge in [0.2, 0.25) is 0 Å². The van der Waals surface area contributed by atoms with Gasteiger partial charge in [-0.15, -0.1) is 11.3 Å². The largest absolute Gasteiger partial charge is 0.357 e. The first-order valence-electron chi connectivity index (χ1n) is 9.07. The van der Waals surface area contributed by atoms with Crippen molar-refractivity contribution in [2.24, 2.45) is 4.99 Å². The van der Waals surface area contributed by atoms with Crippen LogP contribution in [0.1, 0.15) is 45.9 Å².